The fourth-order valence-corrected chi connectivity index (χ4v) is 6.92. The molecule has 3 aromatic rings. The largest absolute Gasteiger partial charge is 0.369 e. The zero-order chi connectivity index (χ0) is 24.8. The first-order chi connectivity index (χ1) is 17.1. The van der Waals surface area contributed by atoms with Gasteiger partial charge in [0.25, 0.3) is 0 Å². The molecule has 0 spiro atoms. The number of allylic oxidation sites excluding steroid dienone is 3. The minimum absolute atomic E-state index is 0.286. The molecule has 0 amide bonds. The SMILES string of the molecule is C=C/C(Nc1nc(Nc2ccc(N3CCN(C)CC3)cc2)nc2ccsc12)=C(\C=C)P(CC)CC. The monoisotopic (exact) mass is 506 g/mol. The average molecular weight is 507 g/mol. The predicted octanol–water partition coefficient (Wildman–Crippen LogP) is 6.70. The van der Waals surface area contributed by atoms with Crippen molar-refractivity contribution in [2.75, 3.05) is 61.1 Å². The van der Waals surface area contributed by atoms with Gasteiger partial charge in [0, 0.05) is 43.3 Å². The standard InChI is InChI=1S/C27H35N6PS/c1-6-22(24(7-2)34(8-3)9-4)29-26-25-23(14-19-35-25)30-27(31-26)28-20-10-12-21(13-11-20)33-17-15-32(5)16-18-33/h6-7,10-14,19H,1-2,8-9,15-18H2,3-5H3,(H2,28,29,30,31)/b24-22-. The van der Waals surface area contributed by atoms with E-state index in [1.165, 1.54) is 11.0 Å². The third-order valence-corrected chi connectivity index (χ3v) is 9.87. The molecule has 6 nitrogen and oxygen atoms in total. The minimum atomic E-state index is -0.286. The highest BCUT2D eigenvalue weighted by Gasteiger charge is 2.16. The molecule has 0 unspecified atom stereocenters. The van der Waals surface area contributed by atoms with Gasteiger partial charge in [-0.2, -0.15) is 4.98 Å². The van der Waals surface area contributed by atoms with Gasteiger partial charge in [0.2, 0.25) is 5.95 Å². The molecule has 0 saturated carbocycles. The van der Waals surface area contributed by atoms with E-state index in [-0.39, 0.29) is 7.92 Å². The zero-order valence-corrected chi connectivity index (χ0v) is 22.6. The Kier molecular flexibility index (Phi) is 8.55. The molecule has 184 valence electrons. The van der Waals surface area contributed by atoms with E-state index in [0.717, 1.165) is 65.9 Å². The highest BCUT2D eigenvalue weighted by molar-refractivity contribution is 7.62. The van der Waals surface area contributed by atoms with Crippen LogP contribution in [0.15, 0.2) is 72.0 Å². The molecule has 8 heteroatoms. The number of hydrogen-bond donors (Lipinski definition) is 2. The number of thiophene rings is 1. The summed E-state index contributed by atoms with van der Waals surface area (Å²) in [6, 6.07) is 10.6. The first kappa shape index (κ1) is 25.4. The number of rotatable bonds is 10. The van der Waals surface area contributed by atoms with Crippen molar-refractivity contribution < 1.29 is 0 Å². The summed E-state index contributed by atoms with van der Waals surface area (Å²) in [4.78, 5) is 14.4. The lowest BCUT2D eigenvalue weighted by atomic mass is 10.2. The molecule has 0 bridgehead atoms. The third kappa shape index (κ3) is 5.92. The van der Waals surface area contributed by atoms with Crippen molar-refractivity contribution in [1.29, 1.82) is 0 Å². The van der Waals surface area contributed by atoms with Crippen molar-refractivity contribution in [3.8, 4) is 0 Å². The number of likely N-dealkylation sites (N-methyl/N-ethyl adjacent to an activating group) is 1. The number of anilines is 4. The highest BCUT2D eigenvalue weighted by atomic mass is 32.1. The van der Waals surface area contributed by atoms with Crippen LogP contribution < -0.4 is 15.5 Å². The quantitative estimate of drug-likeness (QED) is 0.236. The van der Waals surface area contributed by atoms with E-state index in [4.69, 9.17) is 9.97 Å². The first-order valence-corrected chi connectivity index (χ1v) is 14.7. The van der Waals surface area contributed by atoms with Crippen LogP contribution in [0, 0.1) is 0 Å². The highest BCUT2D eigenvalue weighted by Crippen LogP contribution is 2.46. The van der Waals surface area contributed by atoms with Crippen LogP contribution in [0.2, 0.25) is 0 Å². The number of piperazine rings is 1. The molecule has 2 N–H and O–H groups in total. The fourth-order valence-electron chi connectivity index (χ4n) is 4.27. The summed E-state index contributed by atoms with van der Waals surface area (Å²) in [7, 11) is 1.89. The topological polar surface area (TPSA) is 56.3 Å². The van der Waals surface area contributed by atoms with Crippen LogP contribution >= 0.6 is 19.3 Å². The van der Waals surface area contributed by atoms with Crippen molar-refractivity contribution in [1.82, 2.24) is 14.9 Å². The minimum Gasteiger partial charge on any atom is -0.369 e. The van der Waals surface area contributed by atoms with Crippen LogP contribution in [0.1, 0.15) is 13.8 Å². The summed E-state index contributed by atoms with van der Waals surface area (Å²) < 4.78 is 1.03. The Morgan fingerprint density at radius 3 is 2.37 bits per heavy atom. The van der Waals surface area contributed by atoms with Gasteiger partial charge in [-0.25, -0.2) is 4.98 Å². The van der Waals surface area contributed by atoms with Crippen molar-refractivity contribution in [2.45, 2.75) is 13.8 Å². The van der Waals surface area contributed by atoms with Crippen LogP contribution in [0.4, 0.5) is 23.1 Å². The van der Waals surface area contributed by atoms with E-state index >= 15 is 0 Å². The van der Waals surface area contributed by atoms with E-state index in [9.17, 15) is 0 Å². The molecule has 1 aliphatic rings. The van der Waals surface area contributed by atoms with Crippen LogP contribution in [0.5, 0.6) is 0 Å². The molecular weight excluding hydrogens is 471 g/mol. The van der Waals surface area contributed by atoms with Gasteiger partial charge in [-0.05, 0) is 66.5 Å². The summed E-state index contributed by atoms with van der Waals surface area (Å²) in [5.74, 6) is 1.36. The summed E-state index contributed by atoms with van der Waals surface area (Å²) in [5, 5.41) is 10.2. The van der Waals surface area contributed by atoms with Crippen LogP contribution in [0.25, 0.3) is 10.2 Å². The number of hydrogen-bond acceptors (Lipinski definition) is 7. The number of benzene rings is 1. The summed E-state index contributed by atoms with van der Waals surface area (Å²) in [6.07, 6.45) is 6.07. The van der Waals surface area contributed by atoms with E-state index in [1.54, 1.807) is 11.3 Å². The maximum absolute atomic E-state index is 4.86. The van der Waals surface area contributed by atoms with E-state index in [0.29, 0.717) is 5.95 Å². The molecule has 1 aliphatic heterocycles. The molecule has 0 radical (unpaired) electrons. The van der Waals surface area contributed by atoms with Gasteiger partial charge in [0.05, 0.1) is 10.2 Å². The average Bonchev–Trinajstić information content (AvgIpc) is 3.36. The predicted molar refractivity (Wildman–Crippen MR) is 156 cm³/mol. The second-order valence-corrected chi connectivity index (χ2v) is 12.2. The van der Waals surface area contributed by atoms with Gasteiger partial charge in [-0.15, -0.1) is 11.3 Å². The molecule has 0 aliphatic carbocycles. The number of nitrogens with one attached hydrogen (secondary N) is 2. The molecule has 1 aromatic carbocycles. The Labute approximate surface area is 214 Å². The molecular formula is C27H35N6PS. The second-order valence-electron chi connectivity index (χ2n) is 8.50. The lowest BCUT2D eigenvalue weighted by Gasteiger charge is -2.34. The third-order valence-electron chi connectivity index (χ3n) is 6.33. The Morgan fingerprint density at radius 1 is 1.03 bits per heavy atom. The smallest absolute Gasteiger partial charge is 0.229 e. The Hall–Kier alpha value is -2.73. The number of fused-ring (bicyclic) bond motifs is 1. The van der Waals surface area contributed by atoms with E-state index in [2.05, 4.69) is 84.1 Å². The van der Waals surface area contributed by atoms with Gasteiger partial charge in [-0.3, -0.25) is 0 Å². The maximum Gasteiger partial charge on any atom is 0.229 e. The molecule has 35 heavy (non-hydrogen) atoms. The van der Waals surface area contributed by atoms with Gasteiger partial charge in [-0.1, -0.05) is 41.0 Å². The molecule has 3 heterocycles. The van der Waals surface area contributed by atoms with Crippen molar-refractivity contribution in [2.24, 2.45) is 0 Å². The molecule has 1 fully saturated rings. The van der Waals surface area contributed by atoms with Gasteiger partial charge in [0.15, 0.2) is 5.82 Å². The van der Waals surface area contributed by atoms with Gasteiger partial charge in [0.1, 0.15) is 0 Å². The number of nitrogens with zero attached hydrogens (tertiary/aromatic N) is 4. The zero-order valence-electron chi connectivity index (χ0n) is 20.9. The summed E-state index contributed by atoms with van der Waals surface area (Å²) in [6.45, 7) is 16.9. The lowest BCUT2D eigenvalue weighted by Crippen LogP contribution is -2.44. The summed E-state index contributed by atoms with van der Waals surface area (Å²) in [5.41, 5.74) is 4.11. The second kappa shape index (κ2) is 11.8. The normalized spacial score (nSPS) is 15.3. The van der Waals surface area contributed by atoms with Crippen LogP contribution in [-0.4, -0.2) is 60.4 Å². The first-order valence-electron chi connectivity index (χ1n) is 12.1. The van der Waals surface area contributed by atoms with Crippen molar-refractivity contribution in [3.63, 3.8) is 0 Å². The number of aromatic nitrogens is 2. The van der Waals surface area contributed by atoms with E-state index in [1.807, 2.05) is 18.2 Å². The Bertz CT molecular complexity index is 1190. The molecule has 2 aromatic heterocycles. The Balaban J connectivity index is 1.59. The van der Waals surface area contributed by atoms with Crippen molar-refractivity contribution >= 4 is 52.6 Å². The van der Waals surface area contributed by atoms with Crippen LogP contribution in [0.3, 0.4) is 0 Å². The molecule has 0 atom stereocenters. The fraction of sp³-hybridized carbons (Fsp3) is 0.333. The maximum atomic E-state index is 4.86. The van der Waals surface area contributed by atoms with Gasteiger partial charge >= 0.3 is 0 Å². The van der Waals surface area contributed by atoms with E-state index < -0.39 is 0 Å². The van der Waals surface area contributed by atoms with Gasteiger partial charge < -0.3 is 20.4 Å². The lowest BCUT2D eigenvalue weighted by molar-refractivity contribution is 0.313. The Morgan fingerprint density at radius 2 is 1.74 bits per heavy atom. The molecule has 4 rings (SSSR count). The molecule has 1 saturated heterocycles. The summed E-state index contributed by atoms with van der Waals surface area (Å²) >= 11 is 1.64. The van der Waals surface area contributed by atoms with Crippen LogP contribution in [-0.2, 0) is 0 Å². The van der Waals surface area contributed by atoms with Crippen molar-refractivity contribution in [3.05, 3.63) is 72.0 Å².